The number of hydrogen-bond donors (Lipinski definition) is 1. The van der Waals surface area contributed by atoms with Gasteiger partial charge < -0.3 is 5.11 Å². The van der Waals surface area contributed by atoms with Crippen molar-refractivity contribution in [1.29, 1.82) is 0 Å². The first-order valence-corrected chi connectivity index (χ1v) is 12.0. The number of amides is 2. The van der Waals surface area contributed by atoms with Gasteiger partial charge in [-0.3, -0.25) is 14.5 Å². The molecule has 168 valence electrons. The van der Waals surface area contributed by atoms with E-state index in [4.69, 9.17) is 0 Å². The average Bonchev–Trinajstić information content (AvgIpc) is 2.98. The highest BCUT2D eigenvalue weighted by Gasteiger charge is 2.53. The summed E-state index contributed by atoms with van der Waals surface area (Å²) in [5.74, 6) is 0.721. The van der Waals surface area contributed by atoms with Crippen LogP contribution in [0.1, 0.15) is 96.7 Å². The van der Waals surface area contributed by atoms with Crippen molar-refractivity contribution in [2.24, 2.45) is 11.3 Å². The SMILES string of the molecule is CC(C)c1cc2c(cc1O)[C@@]1(C)CCC[C@@](C)(CN3C(=O)c4ccccc4C3=O)[C@@H]1CC2. The Morgan fingerprint density at radius 2 is 1.72 bits per heavy atom. The summed E-state index contributed by atoms with van der Waals surface area (Å²) in [5.41, 5.74) is 4.49. The molecule has 2 amide bonds. The Kier molecular flexibility index (Phi) is 4.77. The van der Waals surface area contributed by atoms with E-state index in [1.54, 1.807) is 12.1 Å². The standard InChI is InChI=1S/C28H33NO3/c1-17(2)21-14-18-10-11-24-27(3,12-7-13-28(24,4)22(18)15-23(21)30)16-29-25(31)19-8-5-6-9-20(19)26(29)32/h5-6,8-9,14-15,17,24,30H,7,10-13,16H2,1-4H3/t24-,27-,28+/m0/s1. The zero-order valence-electron chi connectivity index (χ0n) is 19.6. The summed E-state index contributed by atoms with van der Waals surface area (Å²) in [6.07, 6.45) is 5.16. The Morgan fingerprint density at radius 1 is 1.06 bits per heavy atom. The number of rotatable bonds is 3. The first-order chi connectivity index (χ1) is 15.2. The van der Waals surface area contributed by atoms with Crippen molar-refractivity contribution >= 4 is 11.8 Å². The van der Waals surface area contributed by atoms with Gasteiger partial charge in [0, 0.05) is 6.54 Å². The van der Waals surface area contributed by atoms with Gasteiger partial charge in [0.2, 0.25) is 0 Å². The van der Waals surface area contributed by atoms with E-state index in [-0.39, 0.29) is 28.6 Å². The van der Waals surface area contributed by atoms with Crippen LogP contribution in [0.15, 0.2) is 36.4 Å². The highest BCUT2D eigenvalue weighted by molar-refractivity contribution is 6.21. The second-order valence-corrected chi connectivity index (χ2v) is 11.0. The lowest BCUT2D eigenvalue weighted by molar-refractivity contribution is 0.00189. The van der Waals surface area contributed by atoms with Crippen molar-refractivity contribution in [2.75, 3.05) is 6.54 Å². The Hall–Kier alpha value is -2.62. The van der Waals surface area contributed by atoms with Crippen LogP contribution >= 0.6 is 0 Å². The number of aromatic hydroxyl groups is 1. The van der Waals surface area contributed by atoms with Gasteiger partial charge >= 0.3 is 0 Å². The molecule has 2 aromatic rings. The van der Waals surface area contributed by atoms with Crippen LogP contribution in [0.2, 0.25) is 0 Å². The maximum atomic E-state index is 13.1. The summed E-state index contributed by atoms with van der Waals surface area (Å²) >= 11 is 0. The molecule has 4 heteroatoms. The number of carbonyl (C=O) groups excluding carboxylic acids is 2. The molecular weight excluding hydrogens is 398 g/mol. The van der Waals surface area contributed by atoms with Crippen LogP contribution in [0.3, 0.4) is 0 Å². The molecule has 3 atom stereocenters. The summed E-state index contributed by atoms with van der Waals surface area (Å²) in [4.78, 5) is 27.6. The van der Waals surface area contributed by atoms with Crippen molar-refractivity contribution < 1.29 is 14.7 Å². The minimum Gasteiger partial charge on any atom is -0.508 e. The van der Waals surface area contributed by atoms with Crippen LogP contribution in [0.5, 0.6) is 5.75 Å². The molecule has 1 N–H and O–H groups in total. The molecular formula is C28H33NO3. The molecule has 0 radical (unpaired) electrons. The maximum Gasteiger partial charge on any atom is 0.261 e. The number of imide groups is 1. The number of phenols is 1. The van der Waals surface area contributed by atoms with Crippen LogP contribution < -0.4 is 0 Å². The molecule has 2 aromatic carbocycles. The zero-order valence-corrected chi connectivity index (χ0v) is 19.6. The third-order valence-electron chi connectivity index (χ3n) is 8.64. The van der Waals surface area contributed by atoms with E-state index >= 15 is 0 Å². The fourth-order valence-corrected chi connectivity index (χ4v) is 7.05. The fraction of sp³-hybridized carbons (Fsp3) is 0.500. The highest BCUT2D eigenvalue weighted by atomic mass is 16.3. The van der Waals surface area contributed by atoms with Crippen molar-refractivity contribution in [3.63, 3.8) is 0 Å². The maximum absolute atomic E-state index is 13.1. The molecule has 0 saturated heterocycles. The van der Waals surface area contributed by atoms with Crippen molar-refractivity contribution in [3.05, 3.63) is 64.2 Å². The number of nitrogens with zero attached hydrogens (tertiary/aromatic N) is 1. The number of hydrogen-bond acceptors (Lipinski definition) is 3. The highest BCUT2D eigenvalue weighted by Crippen LogP contribution is 2.58. The normalized spacial score (nSPS) is 29.2. The molecule has 3 aliphatic rings. The molecule has 2 aliphatic carbocycles. The van der Waals surface area contributed by atoms with Gasteiger partial charge in [-0.05, 0) is 83.2 Å². The van der Waals surface area contributed by atoms with Gasteiger partial charge in [-0.25, -0.2) is 0 Å². The Morgan fingerprint density at radius 3 is 2.34 bits per heavy atom. The average molecular weight is 432 g/mol. The monoisotopic (exact) mass is 431 g/mol. The Bertz CT molecular complexity index is 1080. The van der Waals surface area contributed by atoms with Crippen LogP contribution in [-0.2, 0) is 11.8 Å². The van der Waals surface area contributed by atoms with E-state index in [0.29, 0.717) is 29.3 Å². The summed E-state index contributed by atoms with van der Waals surface area (Å²) in [6, 6.07) is 11.4. The molecule has 0 aromatic heterocycles. The van der Waals surface area contributed by atoms with Crippen molar-refractivity contribution in [3.8, 4) is 5.75 Å². The first kappa shape index (κ1) is 21.2. The number of fused-ring (bicyclic) bond motifs is 4. The molecule has 32 heavy (non-hydrogen) atoms. The predicted octanol–water partition coefficient (Wildman–Crippen LogP) is 5.82. The smallest absolute Gasteiger partial charge is 0.261 e. The molecule has 1 heterocycles. The topological polar surface area (TPSA) is 57.6 Å². The summed E-state index contributed by atoms with van der Waals surface area (Å²) in [7, 11) is 0. The quantitative estimate of drug-likeness (QED) is 0.623. The van der Waals surface area contributed by atoms with E-state index in [2.05, 4.69) is 33.8 Å². The fourth-order valence-electron chi connectivity index (χ4n) is 7.05. The molecule has 5 rings (SSSR count). The molecule has 0 bridgehead atoms. The van der Waals surface area contributed by atoms with Crippen LogP contribution in [0.4, 0.5) is 0 Å². The number of aryl methyl sites for hydroxylation is 1. The zero-order chi connectivity index (χ0) is 22.8. The third kappa shape index (κ3) is 2.95. The second kappa shape index (κ2) is 7.19. The van der Waals surface area contributed by atoms with E-state index in [1.807, 2.05) is 18.2 Å². The lowest BCUT2D eigenvalue weighted by atomic mass is 9.49. The van der Waals surface area contributed by atoms with Gasteiger partial charge in [-0.15, -0.1) is 0 Å². The Labute approximate surface area is 190 Å². The third-order valence-corrected chi connectivity index (χ3v) is 8.64. The molecule has 1 saturated carbocycles. The van der Waals surface area contributed by atoms with Gasteiger partial charge in [0.1, 0.15) is 5.75 Å². The Balaban J connectivity index is 1.50. The van der Waals surface area contributed by atoms with Gasteiger partial charge in [0.25, 0.3) is 11.8 Å². The molecule has 1 aliphatic heterocycles. The lowest BCUT2D eigenvalue weighted by Crippen LogP contribution is -2.54. The van der Waals surface area contributed by atoms with Gasteiger partial charge in [-0.2, -0.15) is 0 Å². The van der Waals surface area contributed by atoms with Crippen LogP contribution in [-0.4, -0.2) is 28.4 Å². The second-order valence-electron chi connectivity index (χ2n) is 11.0. The number of phenolic OH excluding ortho intramolecular Hbond substituents is 1. The van der Waals surface area contributed by atoms with Crippen LogP contribution in [0, 0.1) is 11.3 Å². The summed E-state index contributed by atoms with van der Waals surface area (Å²) < 4.78 is 0. The van der Waals surface area contributed by atoms with E-state index in [9.17, 15) is 14.7 Å². The molecule has 0 spiro atoms. The number of benzene rings is 2. The van der Waals surface area contributed by atoms with Gasteiger partial charge in [-0.1, -0.05) is 52.3 Å². The van der Waals surface area contributed by atoms with E-state index in [1.165, 1.54) is 16.0 Å². The number of carbonyl (C=O) groups is 2. The summed E-state index contributed by atoms with van der Waals surface area (Å²) in [5, 5.41) is 10.8. The largest absolute Gasteiger partial charge is 0.508 e. The minimum atomic E-state index is -0.158. The van der Waals surface area contributed by atoms with Crippen LogP contribution in [0.25, 0.3) is 0 Å². The molecule has 4 nitrogen and oxygen atoms in total. The van der Waals surface area contributed by atoms with Gasteiger partial charge in [0.15, 0.2) is 0 Å². The van der Waals surface area contributed by atoms with Crippen molar-refractivity contribution in [1.82, 2.24) is 4.90 Å². The first-order valence-electron chi connectivity index (χ1n) is 12.0. The van der Waals surface area contributed by atoms with Crippen molar-refractivity contribution in [2.45, 2.75) is 71.1 Å². The summed E-state index contributed by atoms with van der Waals surface area (Å²) in [6.45, 7) is 9.31. The predicted molar refractivity (Wildman–Crippen MR) is 125 cm³/mol. The van der Waals surface area contributed by atoms with E-state index < -0.39 is 0 Å². The lowest BCUT2D eigenvalue weighted by Gasteiger charge is -2.56. The molecule has 0 unspecified atom stereocenters. The van der Waals surface area contributed by atoms with E-state index in [0.717, 1.165) is 37.7 Å². The minimum absolute atomic E-state index is 0.0633. The van der Waals surface area contributed by atoms with Gasteiger partial charge in [0.05, 0.1) is 11.1 Å². The molecule has 1 fully saturated rings.